The minimum absolute atomic E-state index is 0.212. The number of hydrogen-bond acceptors (Lipinski definition) is 3. The molecule has 0 fully saturated rings. The monoisotopic (exact) mass is 327 g/mol. The van der Waals surface area contributed by atoms with E-state index in [4.69, 9.17) is 11.6 Å². The molecule has 0 aliphatic carbocycles. The lowest BCUT2D eigenvalue weighted by molar-refractivity contribution is 0.0909. The standard InChI is InChI=1S/C15H12ClF2NO3/c16-9-3-1-8(2-4-9)13(21)7-19-15(22)14-11(18)5-10(17)6-12(14)20/h1-6,13,20-21H,7H2,(H,19,22). The first-order valence-corrected chi connectivity index (χ1v) is 6.66. The van der Waals surface area contributed by atoms with Crippen LogP contribution in [0.25, 0.3) is 0 Å². The number of phenolic OH excluding ortho intramolecular Hbond substituents is 1. The Balaban J connectivity index is 2.05. The molecule has 0 saturated carbocycles. The van der Waals surface area contributed by atoms with E-state index < -0.39 is 35.0 Å². The highest BCUT2D eigenvalue weighted by Gasteiger charge is 2.19. The van der Waals surface area contributed by atoms with Crippen LogP contribution in [0.3, 0.4) is 0 Å². The van der Waals surface area contributed by atoms with Crippen molar-refractivity contribution in [2.24, 2.45) is 0 Å². The molecule has 4 nitrogen and oxygen atoms in total. The molecule has 1 unspecified atom stereocenters. The highest BCUT2D eigenvalue weighted by molar-refractivity contribution is 6.30. The van der Waals surface area contributed by atoms with Gasteiger partial charge in [0.05, 0.1) is 6.10 Å². The van der Waals surface area contributed by atoms with E-state index in [2.05, 4.69) is 5.32 Å². The number of rotatable bonds is 4. The van der Waals surface area contributed by atoms with E-state index in [1.807, 2.05) is 0 Å². The van der Waals surface area contributed by atoms with E-state index in [1.165, 1.54) is 0 Å². The zero-order valence-electron chi connectivity index (χ0n) is 11.2. The molecule has 1 atom stereocenters. The van der Waals surface area contributed by atoms with Crippen LogP contribution in [0.4, 0.5) is 8.78 Å². The summed E-state index contributed by atoms with van der Waals surface area (Å²) >= 11 is 5.72. The lowest BCUT2D eigenvalue weighted by Gasteiger charge is -2.13. The molecule has 0 heterocycles. The second-order valence-electron chi connectivity index (χ2n) is 4.56. The summed E-state index contributed by atoms with van der Waals surface area (Å²) in [6.07, 6.45) is -1.04. The van der Waals surface area contributed by atoms with Crippen LogP contribution in [-0.2, 0) is 0 Å². The number of carbonyl (C=O) groups excluding carboxylic acids is 1. The molecule has 2 aromatic rings. The lowest BCUT2D eigenvalue weighted by atomic mass is 10.1. The van der Waals surface area contributed by atoms with Crippen molar-refractivity contribution in [1.29, 1.82) is 0 Å². The molecule has 22 heavy (non-hydrogen) atoms. The van der Waals surface area contributed by atoms with Crippen LogP contribution in [0, 0.1) is 11.6 Å². The SMILES string of the molecule is O=C(NCC(O)c1ccc(Cl)cc1)c1c(O)cc(F)cc1F. The predicted molar refractivity (Wildman–Crippen MR) is 76.8 cm³/mol. The van der Waals surface area contributed by atoms with E-state index in [1.54, 1.807) is 24.3 Å². The number of aromatic hydroxyl groups is 1. The first kappa shape index (κ1) is 16.2. The fourth-order valence-corrected chi connectivity index (χ4v) is 1.99. The van der Waals surface area contributed by atoms with Crippen molar-refractivity contribution in [2.45, 2.75) is 6.10 Å². The maximum atomic E-state index is 13.5. The lowest BCUT2D eigenvalue weighted by Crippen LogP contribution is -2.29. The highest BCUT2D eigenvalue weighted by Crippen LogP contribution is 2.22. The van der Waals surface area contributed by atoms with E-state index in [0.29, 0.717) is 22.7 Å². The van der Waals surface area contributed by atoms with Crippen LogP contribution in [0.1, 0.15) is 22.0 Å². The van der Waals surface area contributed by atoms with Gasteiger partial charge in [0.25, 0.3) is 5.91 Å². The molecule has 1 amide bonds. The number of aliphatic hydroxyl groups is 1. The number of halogens is 3. The normalized spacial score (nSPS) is 12.0. The van der Waals surface area contributed by atoms with Gasteiger partial charge in [0.15, 0.2) is 0 Å². The topological polar surface area (TPSA) is 69.6 Å². The van der Waals surface area contributed by atoms with E-state index >= 15 is 0 Å². The number of phenols is 1. The second kappa shape index (κ2) is 6.72. The third-order valence-electron chi connectivity index (χ3n) is 2.97. The van der Waals surface area contributed by atoms with Gasteiger partial charge in [0.1, 0.15) is 22.9 Å². The Morgan fingerprint density at radius 2 is 1.86 bits per heavy atom. The average molecular weight is 328 g/mol. The largest absolute Gasteiger partial charge is 0.507 e. The molecule has 0 spiro atoms. The van der Waals surface area contributed by atoms with Crippen molar-refractivity contribution in [3.8, 4) is 5.75 Å². The highest BCUT2D eigenvalue weighted by atomic mass is 35.5. The van der Waals surface area contributed by atoms with Crippen LogP contribution >= 0.6 is 11.6 Å². The van der Waals surface area contributed by atoms with Gasteiger partial charge in [0, 0.05) is 23.7 Å². The Labute approximate surface area is 130 Å². The van der Waals surface area contributed by atoms with Gasteiger partial charge >= 0.3 is 0 Å². The van der Waals surface area contributed by atoms with Gasteiger partial charge in [-0.2, -0.15) is 0 Å². The average Bonchev–Trinajstić information content (AvgIpc) is 2.44. The van der Waals surface area contributed by atoms with Crippen molar-refractivity contribution in [3.05, 3.63) is 64.2 Å². The Hall–Kier alpha value is -2.18. The fourth-order valence-electron chi connectivity index (χ4n) is 1.87. The molecular formula is C15H12ClF2NO3. The smallest absolute Gasteiger partial charge is 0.258 e. The number of carbonyl (C=O) groups is 1. The van der Waals surface area contributed by atoms with E-state index in [9.17, 15) is 23.8 Å². The van der Waals surface area contributed by atoms with Crippen LogP contribution in [0.5, 0.6) is 5.75 Å². The number of benzene rings is 2. The van der Waals surface area contributed by atoms with Gasteiger partial charge in [-0.3, -0.25) is 4.79 Å². The maximum Gasteiger partial charge on any atom is 0.258 e. The molecule has 0 bridgehead atoms. The molecule has 0 saturated heterocycles. The summed E-state index contributed by atoms with van der Waals surface area (Å²) in [6, 6.07) is 7.43. The Bertz CT molecular complexity index is 669. The molecule has 2 aromatic carbocycles. The van der Waals surface area contributed by atoms with Crippen molar-refractivity contribution in [1.82, 2.24) is 5.32 Å². The number of amides is 1. The van der Waals surface area contributed by atoms with Crippen molar-refractivity contribution < 1.29 is 23.8 Å². The minimum atomic E-state index is -1.18. The molecule has 2 rings (SSSR count). The quantitative estimate of drug-likeness (QED) is 0.808. The van der Waals surface area contributed by atoms with E-state index in [0.717, 1.165) is 0 Å². The Kier molecular flexibility index (Phi) is 4.95. The first-order chi connectivity index (χ1) is 10.4. The summed E-state index contributed by atoms with van der Waals surface area (Å²) in [4.78, 5) is 11.8. The molecule has 0 radical (unpaired) electrons. The molecule has 0 aromatic heterocycles. The van der Waals surface area contributed by atoms with Crippen molar-refractivity contribution in [2.75, 3.05) is 6.54 Å². The van der Waals surface area contributed by atoms with Crippen LogP contribution in [0.2, 0.25) is 5.02 Å². The Morgan fingerprint density at radius 3 is 2.45 bits per heavy atom. The summed E-state index contributed by atoms with van der Waals surface area (Å²) in [6.45, 7) is -0.212. The van der Waals surface area contributed by atoms with E-state index in [-0.39, 0.29) is 6.54 Å². The van der Waals surface area contributed by atoms with Gasteiger partial charge in [-0.1, -0.05) is 23.7 Å². The summed E-state index contributed by atoms with van der Waals surface area (Å²) in [7, 11) is 0. The zero-order chi connectivity index (χ0) is 16.3. The van der Waals surface area contributed by atoms with Gasteiger partial charge in [-0.15, -0.1) is 0 Å². The molecular weight excluding hydrogens is 316 g/mol. The summed E-state index contributed by atoms with van der Waals surface area (Å²) in [5, 5.41) is 22.1. The zero-order valence-corrected chi connectivity index (χ0v) is 11.9. The van der Waals surface area contributed by atoms with Crippen LogP contribution in [-0.4, -0.2) is 22.7 Å². The third-order valence-corrected chi connectivity index (χ3v) is 3.22. The predicted octanol–water partition coefficient (Wildman–Crippen LogP) is 2.79. The molecule has 0 aliphatic rings. The van der Waals surface area contributed by atoms with Crippen LogP contribution < -0.4 is 5.32 Å². The van der Waals surface area contributed by atoms with Gasteiger partial charge in [-0.25, -0.2) is 8.78 Å². The number of nitrogens with one attached hydrogen (secondary N) is 1. The van der Waals surface area contributed by atoms with Gasteiger partial charge in [-0.05, 0) is 17.7 Å². The summed E-state index contributed by atoms with van der Waals surface area (Å²) < 4.78 is 26.4. The van der Waals surface area contributed by atoms with Crippen LogP contribution in [0.15, 0.2) is 36.4 Å². The first-order valence-electron chi connectivity index (χ1n) is 6.28. The number of hydrogen-bond donors (Lipinski definition) is 3. The summed E-state index contributed by atoms with van der Waals surface area (Å²) in [5.74, 6) is -3.94. The number of aliphatic hydroxyl groups excluding tert-OH is 1. The van der Waals surface area contributed by atoms with Crippen molar-refractivity contribution in [3.63, 3.8) is 0 Å². The third kappa shape index (κ3) is 3.72. The van der Waals surface area contributed by atoms with Gasteiger partial charge in [0.2, 0.25) is 0 Å². The maximum absolute atomic E-state index is 13.5. The summed E-state index contributed by atoms with van der Waals surface area (Å²) in [5.41, 5.74) is -0.168. The fraction of sp³-hybridized carbons (Fsp3) is 0.133. The second-order valence-corrected chi connectivity index (χ2v) is 5.00. The molecule has 0 aliphatic heterocycles. The molecule has 3 N–H and O–H groups in total. The Morgan fingerprint density at radius 1 is 1.23 bits per heavy atom. The van der Waals surface area contributed by atoms with Crippen molar-refractivity contribution >= 4 is 17.5 Å². The molecule has 116 valence electrons. The molecule has 7 heteroatoms. The minimum Gasteiger partial charge on any atom is -0.507 e. The van der Waals surface area contributed by atoms with Gasteiger partial charge < -0.3 is 15.5 Å².